The van der Waals surface area contributed by atoms with Gasteiger partial charge >= 0.3 is 0 Å². The molecule has 2 unspecified atom stereocenters. The average molecular weight is 327 g/mol. The van der Waals surface area contributed by atoms with Gasteiger partial charge in [-0.2, -0.15) is 0 Å². The SMILES string of the molecule is CCC(N)Cc1ccc(Br)cc1N(C)C1CCOC1. The van der Waals surface area contributed by atoms with Crippen molar-refractivity contribution in [3.05, 3.63) is 28.2 Å². The molecule has 1 aromatic carbocycles. The Bertz CT molecular complexity index is 419. The van der Waals surface area contributed by atoms with Crippen molar-refractivity contribution in [3.63, 3.8) is 0 Å². The molecule has 0 aromatic heterocycles. The third-order valence-corrected chi connectivity index (χ3v) is 4.38. The molecule has 4 heteroatoms. The third-order valence-electron chi connectivity index (χ3n) is 3.89. The van der Waals surface area contributed by atoms with Crippen molar-refractivity contribution in [3.8, 4) is 0 Å². The first-order valence-corrected chi connectivity index (χ1v) is 7.75. The van der Waals surface area contributed by atoms with Crippen molar-refractivity contribution in [2.45, 2.75) is 38.3 Å². The summed E-state index contributed by atoms with van der Waals surface area (Å²) < 4.78 is 6.61. The van der Waals surface area contributed by atoms with Gasteiger partial charge in [0.05, 0.1) is 12.6 Å². The van der Waals surface area contributed by atoms with Crippen LogP contribution in [0.2, 0.25) is 0 Å². The highest BCUT2D eigenvalue weighted by atomic mass is 79.9. The number of hydrogen-bond acceptors (Lipinski definition) is 3. The Morgan fingerprint density at radius 1 is 1.53 bits per heavy atom. The normalized spacial score (nSPS) is 20.5. The van der Waals surface area contributed by atoms with Crippen molar-refractivity contribution in [2.24, 2.45) is 5.73 Å². The summed E-state index contributed by atoms with van der Waals surface area (Å²) in [5.41, 5.74) is 8.71. The molecule has 106 valence electrons. The maximum absolute atomic E-state index is 6.11. The molecule has 0 amide bonds. The number of likely N-dealkylation sites (N-methyl/N-ethyl adjacent to an activating group) is 1. The zero-order chi connectivity index (χ0) is 13.8. The molecule has 0 spiro atoms. The van der Waals surface area contributed by atoms with Crippen molar-refractivity contribution in [1.29, 1.82) is 0 Å². The van der Waals surface area contributed by atoms with Gasteiger partial charge in [-0.1, -0.05) is 28.9 Å². The van der Waals surface area contributed by atoms with Crippen LogP contribution in [0, 0.1) is 0 Å². The number of ether oxygens (including phenoxy) is 1. The number of nitrogens with two attached hydrogens (primary N) is 1. The van der Waals surface area contributed by atoms with E-state index in [-0.39, 0.29) is 6.04 Å². The van der Waals surface area contributed by atoms with Crippen LogP contribution in [0.3, 0.4) is 0 Å². The molecular formula is C15H23BrN2O. The number of halogens is 1. The Kier molecular flexibility index (Phi) is 5.25. The lowest BCUT2D eigenvalue weighted by molar-refractivity contribution is 0.193. The Morgan fingerprint density at radius 2 is 2.32 bits per heavy atom. The first kappa shape index (κ1) is 14.8. The lowest BCUT2D eigenvalue weighted by Crippen LogP contribution is -2.33. The van der Waals surface area contributed by atoms with Crippen molar-refractivity contribution in [2.75, 3.05) is 25.2 Å². The van der Waals surface area contributed by atoms with Gasteiger partial charge in [-0.15, -0.1) is 0 Å². The fourth-order valence-electron chi connectivity index (χ4n) is 2.49. The molecule has 0 bridgehead atoms. The number of anilines is 1. The molecule has 19 heavy (non-hydrogen) atoms. The second-order valence-corrected chi connectivity index (χ2v) is 6.19. The van der Waals surface area contributed by atoms with E-state index in [1.54, 1.807) is 0 Å². The van der Waals surface area contributed by atoms with Gasteiger partial charge in [0.2, 0.25) is 0 Å². The highest BCUT2D eigenvalue weighted by Crippen LogP contribution is 2.28. The van der Waals surface area contributed by atoms with E-state index in [2.05, 4.69) is 53.0 Å². The monoisotopic (exact) mass is 326 g/mol. The van der Waals surface area contributed by atoms with Crippen LogP contribution in [0.5, 0.6) is 0 Å². The minimum absolute atomic E-state index is 0.230. The van der Waals surface area contributed by atoms with E-state index >= 15 is 0 Å². The molecule has 0 radical (unpaired) electrons. The van der Waals surface area contributed by atoms with E-state index < -0.39 is 0 Å². The molecule has 3 nitrogen and oxygen atoms in total. The summed E-state index contributed by atoms with van der Waals surface area (Å²) in [7, 11) is 2.15. The molecule has 1 heterocycles. The summed E-state index contributed by atoms with van der Waals surface area (Å²) in [4.78, 5) is 2.34. The van der Waals surface area contributed by atoms with Crippen LogP contribution >= 0.6 is 15.9 Å². The summed E-state index contributed by atoms with van der Waals surface area (Å²) in [6.45, 7) is 3.83. The highest BCUT2D eigenvalue weighted by molar-refractivity contribution is 9.10. The standard InChI is InChI=1S/C15H23BrN2O/c1-3-13(17)8-11-4-5-12(16)9-15(11)18(2)14-6-7-19-10-14/h4-5,9,13-14H,3,6-8,10,17H2,1-2H3. The first-order chi connectivity index (χ1) is 9.11. The van der Waals surface area contributed by atoms with Crippen LogP contribution in [-0.2, 0) is 11.2 Å². The molecule has 2 N–H and O–H groups in total. The van der Waals surface area contributed by atoms with E-state index in [0.717, 1.165) is 36.9 Å². The van der Waals surface area contributed by atoms with Gasteiger partial charge in [0, 0.05) is 29.9 Å². The topological polar surface area (TPSA) is 38.5 Å². The fourth-order valence-corrected chi connectivity index (χ4v) is 2.84. The Labute approximate surface area is 124 Å². The van der Waals surface area contributed by atoms with E-state index in [1.807, 2.05) is 0 Å². The predicted octanol–water partition coefficient (Wildman–Crippen LogP) is 2.95. The number of nitrogens with zero attached hydrogens (tertiary/aromatic N) is 1. The summed E-state index contributed by atoms with van der Waals surface area (Å²) in [6, 6.07) is 7.18. The van der Waals surface area contributed by atoms with Crippen LogP contribution < -0.4 is 10.6 Å². The Hall–Kier alpha value is -0.580. The molecular weight excluding hydrogens is 304 g/mol. The molecule has 1 aliphatic rings. The highest BCUT2D eigenvalue weighted by Gasteiger charge is 2.22. The molecule has 1 fully saturated rings. The number of rotatable bonds is 5. The Morgan fingerprint density at radius 3 is 2.95 bits per heavy atom. The number of benzene rings is 1. The van der Waals surface area contributed by atoms with Crippen molar-refractivity contribution >= 4 is 21.6 Å². The van der Waals surface area contributed by atoms with Gasteiger partial charge < -0.3 is 15.4 Å². The molecule has 2 atom stereocenters. The second kappa shape index (κ2) is 6.73. The smallest absolute Gasteiger partial charge is 0.0670 e. The van der Waals surface area contributed by atoms with Gasteiger partial charge in [-0.25, -0.2) is 0 Å². The van der Waals surface area contributed by atoms with Crippen molar-refractivity contribution in [1.82, 2.24) is 0 Å². The van der Waals surface area contributed by atoms with E-state index in [0.29, 0.717) is 6.04 Å². The minimum atomic E-state index is 0.230. The van der Waals surface area contributed by atoms with Crippen LogP contribution in [0.25, 0.3) is 0 Å². The van der Waals surface area contributed by atoms with Gasteiger partial charge in [0.25, 0.3) is 0 Å². The largest absolute Gasteiger partial charge is 0.379 e. The zero-order valence-electron chi connectivity index (χ0n) is 11.7. The van der Waals surface area contributed by atoms with Gasteiger partial charge in [0.15, 0.2) is 0 Å². The van der Waals surface area contributed by atoms with Gasteiger partial charge in [0.1, 0.15) is 0 Å². The van der Waals surface area contributed by atoms with Crippen LogP contribution in [0.1, 0.15) is 25.3 Å². The molecule has 2 rings (SSSR count). The fraction of sp³-hybridized carbons (Fsp3) is 0.600. The third kappa shape index (κ3) is 3.71. The van der Waals surface area contributed by atoms with E-state index in [1.165, 1.54) is 11.3 Å². The average Bonchev–Trinajstić information content (AvgIpc) is 2.93. The van der Waals surface area contributed by atoms with E-state index in [9.17, 15) is 0 Å². The molecule has 0 aliphatic carbocycles. The summed E-state index contributed by atoms with van der Waals surface area (Å²) in [5.74, 6) is 0. The lowest BCUT2D eigenvalue weighted by Gasteiger charge is -2.28. The number of hydrogen-bond donors (Lipinski definition) is 1. The van der Waals surface area contributed by atoms with Crippen LogP contribution in [0.15, 0.2) is 22.7 Å². The quantitative estimate of drug-likeness (QED) is 0.904. The van der Waals surface area contributed by atoms with Crippen LogP contribution in [0.4, 0.5) is 5.69 Å². The van der Waals surface area contributed by atoms with E-state index in [4.69, 9.17) is 10.5 Å². The summed E-state index contributed by atoms with van der Waals surface area (Å²) in [6.07, 6.45) is 3.03. The van der Waals surface area contributed by atoms with Gasteiger partial charge in [-0.05, 0) is 37.0 Å². The summed E-state index contributed by atoms with van der Waals surface area (Å²) in [5, 5.41) is 0. The van der Waals surface area contributed by atoms with Gasteiger partial charge in [-0.3, -0.25) is 0 Å². The maximum Gasteiger partial charge on any atom is 0.0670 e. The van der Waals surface area contributed by atoms with Crippen LogP contribution in [-0.4, -0.2) is 32.3 Å². The molecule has 0 saturated carbocycles. The predicted molar refractivity (Wildman–Crippen MR) is 83.7 cm³/mol. The minimum Gasteiger partial charge on any atom is -0.379 e. The maximum atomic E-state index is 6.11. The zero-order valence-corrected chi connectivity index (χ0v) is 13.3. The lowest BCUT2D eigenvalue weighted by atomic mass is 10.0. The summed E-state index contributed by atoms with van der Waals surface area (Å²) >= 11 is 3.57. The first-order valence-electron chi connectivity index (χ1n) is 6.96. The molecule has 1 aliphatic heterocycles. The Balaban J connectivity index is 2.22. The van der Waals surface area contributed by atoms with Crippen molar-refractivity contribution < 1.29 is 4.74 Å². The molecule has 1 saturated heterocycles. The molecule has 1 aromatic rings. The second-order valence-electron chi connectivity index (χ2n) is 5.27.